The zero-order valence-electron chi connectivity index (χ0n) is 14.6. The van der Waals surface area contributed by atoms with Crippen molar-refractivity contribution < 1.29 is 14.1 Å². The molecule has 0 aliphatic carbocycles. The number of hydrogen-bond donors (Lipinski definition) is 0. The van der Waals surface area contributed by atoms with Crippen LogP contribution in [0.1, 0.15) is 11.3 Å². The average Bonchev–Trinajstić information content (AvgIpc) is 3.11. The van der Waals surface area contributed by atoms with Gasteiger partial charge in [-0.05, 0) is 42.5 Å². The van der Waals surface area contributed by atoms with Crippen LogP contribution in [0.3, 0.4) is 0 Å². The van der Waals surface area contributed by atoms with Gasteiger partial charge >= 0.3 is 0 Å². The monoisotopic (exact) mass is 436 g/mol. The Kier molecular flexibility index (Phi) is 5.49. The normalized spacial score (nSPS) is 13.3. The maximum atomic E-state index is 12.6. The van der Waals surface area contributed by atoms with Crippen LogP contribution < -0.4 is 4.74 Å². The third kappa shape index (κ3) is 3.97. The lowest BCUT2D eigenvalue weighted by atomic mass is 10.0. The highest BCUT2D eigenvalue weighted by Crippen LogP contribution is 2.31. The highest BCUT2D eigenvalue weighted by Gasteiger charge is 2.27. The molecule has 0 radical (unpaired) electrons. The van der Waals surface area contributed by atoms with Crippen LogP contribution in [-0.2, 0) is 17.8 Å². The van der Waals surface area contributed by atoms with Crippen molar-refractivity contribution in [1.82, 2.24) is 10.1 Å². The van der Waals surface area contributed by atoms with Crippen molar-refractivity contribution in [1.29, 1.82) is 0 Å². The van der Waals surface area contributed by atoms with Gasteiger partial charge in [0, 0.05) is 34.1 Å². The molecule has 5 nitrogen and oxygen atoms in total. The molecule has 28 heavy (non-hydrogen) atoms. The quantitative estimate of drug-likeness (QED) is 0.558. The third-order valence-electron chi connectivity index (χ3n) is 4.54. The van der Waals surface area contributed by atoms with Gasteiger partial charge in [0.2, 0.25) is 0 Å². The first kappa shape index (κ1) is 19.1. The molecule has 0 spiro atoms. The standard InChI is InChI=1S/C20H15Cl3N2O3/c21-13-3-1-12(2-4-13)20-15-10-25(8-7-17(15)24-28-20)19(26)11-27-18-6-5-14(22)9-16(18)23/h1-6,9H,7-8,10-11H2. The molecule has 1 aliphatic heterocycles. The van der Waals surface area contributed by atoms with Crippen LogP contribution >= 0.6 is 34.8 Å². The molecule has 0 saturated carbocycles. The van der Waals surface area contributed by atoms with E-state index in [0.29, 0.717) is 46.1 Å². The summed E-state index contributed by atoms with van der Waals surface area (Å²) in [7, 11) is 0. The number of carbonyl (C=O) groups excluding carboxylic acids is 1. The molecule has 0 bridgehead atoms. The molecule has 1 aromatic heterocycles. The number of fused-ring (bicyclic) bond motifs is 1. The Labute approximate surface area is 176 Å². The molecular formula is C20H15Cl3N2O3. The summed E-state index contributed by atoms with van der Waals surface area (Å²) in [5, 5.41) is 5.68. The van der Waals surface area contributed by atoms with E-state index in [9.17, 15) is 4.79 Å². The SMILES string of the molecule is O=C(COc1ccc(Cl)cc1Cl)N1CCc2noc(-c3ccc(Cl)cc3)c2C1. The lowest BCUT2D eigenvalue weighted by Crippen LogP contribution is -2.38. The number of benzene rings is 2. The number of amides is 1. The number of carbonyl (C=O) groups is 1. The number of ether oxygens (including phenoxy) is 1. The summed E-state index contributed by atoms with van der Waals surface area (Å²) in [6.07, 6.45) is 0.625. The van der Waals surface area contributed by atoms with E-state index in [2.05, 4.69) is 5.16 Å². The van der Waals surface area contributed by atoms with E-state index in [1.165, 1.54) is 0 Å². The average molecular weight is 438 g/mol. The molecule has 0 N–H and O–H groups in total. The van der Waals surface area contributed by atoms with Gasteiger partial charge in [-0.3, -0.25) is 4.79 Å². The van der Waals surface area contributed by atoms with Crippen LogP contribution in [0, 0.1) is 0 Å². The van der Waals surface area contributed by atoms with Crippen LogP contribution in [0.2, 0.25) is 15.1 Å². The first-order valence-corrected chi connectivity index (χ1v) is 9.73. The molecule has 3 aromatic rings. The Morgan fingerprint density at radius 2 is 1.86 bits per heavy atom. The summed E-state index contributed by atoms with van der Waals surface area (Å²) < 4.78 is 11.1. The molecule has 4 rings (SSSR count). The van der Waals surface area contributed by atoms with Crippen LogP contribution in [0.25, 0.3) is 11.3 Å². The summed E-state index contributed by atoms with van der Waals surface area (Å²) in [5.74, 6) is 0.940. The van der Waals surface area contributed by atoms with E-state index < -0.39 is 0 Å². The minimum atomic E-state index is -0.139. The zero-order valence-corrected chi connectivity index (χ0v) is 16.9. The van der Waals surface area contributed by atoms with E-state index in [1.54, 1.807) is 35.2 Å². The largest absolute Gasteiger partial charge is 0.482 e. The summed E-state index contributed by atoms with van der Waals surface area (Å²) in [5.41, 5.74) is 2.65. The fourth-order valence-corrected chi connectivity index (χ4v) is 3.67. The second kappa shape index (κ2) is 8.03. The van der Waals surface area contributed by atoms with Crippen LogP contribution in [-0.4, -0.2) is 29.1 Å². The highest BCUT2D eigenvalue weighted by molar-refractivity contribution is 6.35. The van der Waals surface area contributed by atoms with Gasteiger partial charge in [-0.2, -0.15) is 0 Å². The molecule has 0 fully saturated rings. The van der Waals surface area contributed by atoms with Crippen LogP contribution in [0.4, 0.5) is 0 Å². The van der Waals surface area contributed by atoms with Crippen molar-refractivity contribution in [2.45, 2.75) is 13.0 Å². The Morgan fingerprint density at radius 1 is 1.11 bits per heavy atom. The Bertz CT molecular complexity index is 1020. The molecule has 2 aromatic carbocycles. The van der Waals surface area contributed by atoms with Crippen LogP contribution in [0.5, 0.6) is 5.75 Å². The second-order valence-electron chi connectivity index (χ2n) is 6.37. The second-order valence-corrected chi connectivity index (χ2v) is 7.65. The fourth-order valence-electron chi connectivity index (χ4n) is 3.08. The van der Waals surface area contributed by atoms with Gasteiger partial charge in [0.15, 0.2) is 12.4 Å². The van der Waals surface area contributed by atoms with Crippen LogP contribution in [0.15, 0.2) is 47.0 Å². The summed E-state index contributed by atoms with van der Waals surface area (Å²) in [6.45, 7) is 0.849. The van der Waals surface area contributed by atoms with Crippen molar-refractivity contribution >= 4 is 40.7 Å². The van der Waals surface area contributed by atoms with E-state index >= 15 is 0 Å². The molecule has 0 atom stereocenters. The Balaban J connectivity index is 1.46. The van der Waals surface area contributed by atoms with E-state index in [1.807, 2.05) is 12.1 Å². The lowest BCUT2D eigenvalue weighted by molar-refractivity contribution is -0.134. The minimum Gasteiger partial charge on any atom is -0.482 e. The molecule has 0 unspecified atom stereocenters. The number of hydrogen-bond acceptors (Lipinski definition) is 4. The van der Waals surface area contributed by atoms with E-state index in [0.717, 1.165) is 16.8 Å². The molecule has 2 heterocycles. The molecule has 8 heteroatoms. The molecular weight excluding hydrogens is 423 g/mol. The van der Waals surface area contributed by atoms with Gasteiger partial charge in [-0.15, -0.1) is 0 Å². The highest BCUT2D eigenvalue weighted by atomic mass is 35.5. The predicted octanol–water partition coefficient (Wildman–Crippen LogP) is 5.27. The number of halogens is 3. The first-order valence-electron chi connectivity index (χ1n) is 8.60. The minimum absolute atomic E-state index is 0.113. The third-order valence-corrected chi connectivity index (χ3v) is 5.32. The maximum absolute atomic E-state index is 12.6. The summed E-state index contributed by atoms with van der Waals surface area (Å²) in [4.78, 5) is 14.4. The van der Waals surface area contributed by atoms with Gasteiger partial charge in [0.25, 0.3) is 5.91 Å². The number of rotatable bonds is 4. The fraction of sp³-hybridized carbons (Fsp3) is 0.200. The van der Waals surface area contributed by atoms with Crippen molar-refractivity contribution in [2.75, 3.05) is 13.2 Å². The van der Waals surface area contributed by atoms with Crippen molar-refractivity contribution in [3.05, 3.63) is 68.8 Å². The van der Waals surface area contributed by atoms with E-state index in [4.69, 9.17) is 44.1 Å². The zero-order chi connectivity index (χ0) is 19.7. The molecule has 144 valence electrons. The Morgan fingerprint density at radius 3 is 2.61 bits per heavy atom. The number of nitrogens with zero attached hydrogens (tertiary/aromatic N) is 2. The van der Waals surface area contributed by atoms with Gasteiger partial charge in [-0.1, -0.05) is 40.0 Å². The van der Waals surface area contributed by atoms with Gasteiger partial charge < -0.3 is 14.2 Å². The van der Waals surface area contributed by atoms with Crippen molar-refractivity contribution in [3.63, 3.8) is 0 Å². The van der Waals surface area contributed by atoms with Gasteiger partial charge in [-0.25, -0.2) is 0 Å². The van der Waals surface area contributed by atoms with Crippen molar-refractivity contribution in [2.24, 2.45) is 0 Å². The maximum Gasteiger partial charge on any atom is 0.260 e. The first-order chi connectivity index (χ1) is 13.5. The predicted molar refractivity (Wildman–Crippen MR) is 108 cm³/mol. The van der Waals surface area contributed by atoms with Crippen molar-refractivity contribution in [3.8, 4) is 17.1 Å². The molecule has 1 amide bonds. The smallest absolute Gasteiger partial charge is 0.260 e. The lowest BCUT2D eigenvalue weighted by Gasteiger charge is -2.26. The molecule has 0 saturated heterocycles. The summed E-state index contributed by atoms with van der Waals surface area (Å²) >= 11 is 17.9. The van der Waals surface area contributed by atoms with Gasteiger partial charge in [0.05, 0.1) is 17.3 Å². The molecule has 1 aliphatic rings. The topological polar surface area (TPSA) is 55.6 Å². The Hall–Kier alpha value is -2.21. The van der Waals surface area contributed by atoms with Gasteiger partial charge in [0.1, 0.15) is 5.75 Å². The summed E-state index contributed by atoms with van der Waals surface area (Å²) in [6, 6.07) is 12.2. The number of aromatic nitrogens is 1. The van der Waals surface area contributed by atoms with E-state index in [-0.39, 0.29) is 12.5 Å².